The van der Waals surface area contributed by atoms with E-state index in [0.717, 1.165) is 15.4 Å². The Morgan fingerprint density at radius 3 is 2.61 bits per heavy atom. The van der Waals surface area contributed by atoms with E-state index in [1.165, 1.54) is 7.11 Å². The molecule has 0 atom stereocenters. The summed E-state index contributed by atoms with van der Waals surface area (Å²) in [6.45, 7) is 0.405. The molecule has 1 aromatic heterocycles. The van der Waals surface area contributed by atoms with E-state index in [-0.39, 0.29) is 5.69 Å². The lowest BCUT2D eigenvalue weighted by atomic mass is 10.1. The molecule has 0 saturated heterocycles. The van der Waals surface area contributed by atoms with Crippen molar-refractivity contribution in [1.29, 1.82) is 0 Å². The molecule has 0 radical (unpaired) electrons. The molecule has 1 heterocycles. The molecule has 0 aliphatic heterocycles. The zero-order valence-corrected chi connectivity index (χ0v) is 14.0. The van der Waals surface area contributed by atoms with Gasteiger partial charge in [0.2, 0.25) is 0 Å². The Morgan fingerprint density at radius 2 is 1.87 bits per heavy atom. The Bertz CT molecular complexity index is 847. The highest BCUT2D eigenvalue weighted by molar-refractivity contribution is 9.10. The second-order valence-corrected chi connectivity index (χ2v) is 5.85. The number of halogens is 1. The molecular weight excluding hydrogens is 358 g/mol. The van der Waals surface area contributed by atoms with Gasteiger partial charge in [-0.3, -0.25) is 0 Å². The number of para-hydroxylation sites is 1. The summed E-state index contributed by atoms with van der Waals surface area (Å²) in [4.78, 5) is 16.1. The van der Waals surface area contributed by atoms with Crippen molar-refractivity contribution < 1.29 is 14.3 Å². The Labute approximate surface area is 142 Å². The number of esters is 1. The third-order valence-corrected chi connectivity index (χ3v) is 3.91. The fourth-order valence-electron chi connectivity index (χ4n) is 2.21. The molecule has 0 fully saturated rings. The van der Waals surface area contributed by atoms with Gasteiger partial charge in [-0.2, -0.15) is 0 Å². The summed E-state index contributed by atoms with van der Waals surface area (Å²) in [6, 6.07) is 17.0. The van der Waals surface area contributed by atoms with Crippen LogP contribution in [-0.2, 0) is 11.3 Å². The number of ether oxygens (including phenoxy) is 2. The van der Waals surface area contributed by atoms with E-state index >= 15 is 0 Å². The molecule has 4 nitrogen and oxygen atoms in total. The summed E-state index contributed by atoms with van der Waals surface area (Å²) in [6.07, 6.45) is 0. The zero-order chi connectivity index (χ0) is 16.2. The molecule has 0 unspecified atom stereocenters. The average Bonchev–Trinajstić information content (AvgIpc) is 2.60. The number of hydrogen-bond donors (Lipinski definition) is 0. The minimum Gasteiger partial charge on any atom is -0.488 e. The number of carbonyl (C=O) groups excluding carboxylic acids is 1. The molecule has 0 aliphatic carbocycles. The van der Waals surface area contributed by atoms with Crippen molar-refractivity contribution in [3.8, 4) is 5.75 Å². The van der Waals surface area contributed by atoms with E-state index in [0.29, 0.717) is 17.9 Å². The first-order valence-corrected chi connectivity index (χ1v) is 7.82. The number of hydrogen-bond acceptors (Lipinski definition) is 4. The summed E-state index contributed by atoms with van der Waals surface area (Å²) in [7, 11) is 1.33. The number of benzene rings is 2. The minimum atomic E-state index is -0.482. The fraction of sp³-hybridized carbons (Fsp3) is 0.111. The Morgan fingerprint density at radius 1 is 1.13 bits per heavy atom. The van der Waals surface area contributed by atoms with Gasteiger partial charge in [0.05, 0.1) is 12.6 Å². The van der Waals surface area contributed by atoms with Crippen LogP contribution in [0.2, 0.25) is 0 Å². The monoisotopic (exact) mass is 371 g/mol. The van der Waals surface area contributed by atoms with Gasteiger partial charge in [-0.1, -0.05) is 40.2 Å². The summed E-state index contributed by atoms with van der Waals surface area (Å²) < 4.78 is 11.7. The van der Waals surface area contributed by atoms with E-state index in [4.69, 9.17) is 9.47 Å². The van der Waals surface area contributed by atoms with Crippen molar-refractivity contribution in [2.75, 3.05) is 7.11 Å². The summed E-state index contributed by atoms with van der Waals surface area (Å²) in [5, 5.41) is 0.859. The Hall–Kier alpha value is -2.40. The van der Waals surface area contributed by atoms with Gasteiger partial charge in [0.1, 0.15) is 12.4 Å². The first kappa shape index (κ1) is 15.5. The molecule has 0 spiro atoms. The van der Waals surface area contributed by atoms with Crippen LogP contribution in [0.5, 0.6) is 5.75 Å². The normalized spacial score (nSPS) is 10.5. The molecule has 0 aliphatic rings. The van der Waals surface area contributed by atoms with Crippen molar-refractivity contribution in [3.05, 3.63) is 70.3 Å². The van der Waals surface area contributed by atoms with Gasteiger partial charge in [0.15, 0.2) is 5.69 Å². The summed E-state index contributed by atoms with van der Waals surface area (Å²) >= 11 is 3.41. The Balaban J connectivity index is 1.94. The number of pyridine rings is 1. The summed E-state index contributed by atoms with van der Waals surface area (Å²) in [5.74, 6) is 0.128. The van der Waals surface area contributed by atoms with Crippen molar-refractivity contribution in [2.24, 2.45) is 0 Å². The number of rotatable bonds is 4. The highest BCUT2D eigenvalue weighted by Gasteiger charge is 2.13. The van der Waals surface area contributed by atoms with Gasteiger partial charge in [0.25, 0.3) is 0 Å². The number of methoxy groups -OCH3 is 1. The third-order valence-electron chi connectivity index (χ3n) is 3.38. The molecule has 0 amide bonds. The van der Waals surface area contributed by atoms with E-state index in [1.54, 1.807) is 6.07 Å². The molecule has 23 heavy (non-hydrogen) atoms. The largest absolute Gasteiger partial charge is 0.488 e. The van der Waals surface area contributed by atoms with Gasteiger partial charge in [-0.05, 0) is 29.8 Å². The molecular formula is C18H14BrNO3. The molecule has 3 aromatic rings. The first-order valence-electron chi connectivity index (χ1n) is 7.03. The van der Waals surface area contributed by atoms with Gasteiger partial charge >= 0.3 is 5.97 Å². The number of nitrogens with zero attached hydrogens (tertiary/aromatic N) is 1. The van der Waals surface area contributed by atoms with Gasteiger partial charge in [-0.25, -0.2) is 9.78 Å². The highest BCUT2D eigenvalue weighted by Crippen LogP contribution is 2.26. The van der Waals surface area contributed by atoms with Gasteiger partial charge in [0, 0.05) is 15.9 Å². The van der Waals surface area contributed by atoms with Crippen LogP contribution in [0.15, 0.2) is 59.1 Å². The number of aromatic nitrogens is 1. The maximum Gasteiger partial charge on any atom is 0.356 e. The average molecular weight is 372 g/mol. The van der Waals surface area contributed by atoms with Gasteiger partial charge in [-0.15, -0.1) is 0 Å². The Kier molecular flexibility index (Phi) is 4.57. The van der Waals surface area contributed by atoms with Crippen molar-refractivity contribution in [2.45, 2.75) is 6.61 Å². The molecule has 116 valence electrons. The van der Waals surface area contributed by atoms with Crippen LogP contribution in [-0.4, -0.2) is 18.1 Å². The molecule has 0 N–H and O–H groups in total. The van der Waals surface area contributed by atoms with Crippen LogP contribution in [0.1, 0.15) is 16.1 Å². The summed E-state index contributed by atoms with van der Waals surface area (Å²) in [5.41, 5.74) is 1.96. The topological polar surface area (TPSA) is 48.4 Å². The van der Waals surface area contributed by atoms with Crippen LogP contribution in [0.25, 0.3) is 10.9 Å². The van der Waals surface area contributed by atoms with Crippen LogP contribution in [0.4, 0.5) is 0 Å². The molecule has 2 aromatic carbocycles. The molecule has 0 bridgehead atoms. The highest BCUT2D eigenvalue weighted by atomic mass is 79.9. The number of fused-ring (bicyclic) bond motifs is 1. The second kappa shape index (κ2) is 6.79. The van der Waals surface area contributed by atoms with E-state index < -0.39 is 5.97 Å². The van der Waals surface area contributed by atoms with Crippen LogP contribution in [0, 0.1) is 0 Å². The SMILES string of the molecule is COC(=O)c1cc(OCc2ccc(Br)cc2)c2ccccc2n1. The molecule has 0 saturated carbocycles. The van der Waals surface area contributed by atoms with E-state index in [2.05, 4.69) is 20.9 Å². The zero-order valence-electron chi connectivity index (χ0n) is 12.5. The number of carbonyl (C=O) groups is 1. The predicted octanol–water partition coefficient (Wildman–Crippen LogP) is 4.36. The third kappa shape index (κ3) is 3.51. The standard InChI is InChI=1S/C18H14BrNO3/c1-22-18(21)16-10-17(14-4-2-3-5-15(14)20-16)23-11-12-6-8-13(19)9-7-12/h2-10H,11H2,1H3. The van der Waals surface area contributed by atoms with E-state index in [1.807, 2.05) is 48.5 Å². The van der Waals surface area contributed by atoms with E-state index in [9.17, 15) is 4.79 Å². The first-order chi connectivity index (χ1) is 11.2. The second-order valence-electron chi connectivity index (χ2n) is 4.93. The fourth-order valence-corrected chi connectivity index (χ4v) is 2.48. The van der Waals surface area contributed by atoms with Crippen LogP contribution < -0.4 is 4.74 Å². The van der Waals surface area contributed by atoms with Crippen LogP contribution in [0.3, 0.4) is 0 Å². The lowest BCUT2D eigenvalue weighted by Crippen LogP contribution is -2.06. The predicted molar refractivity (Wildman–Crippen MR) is 91.6 cm³/mol. The van der Waals surface area contributed by atoms with Gasteiger partial charge < -0.3 is 9.47 Å². The quantitative estimate of drug-likeness (QED) is 0.639. The molecule has 5 heteroatoms. The van der Waals surface area contributed by atoms with Crippen molar-refractivity contribution in [1.82, 2.24) is 4.98 Å². The minimum absolute atomic E-state index is 0.233. The maximum atomic E-state index is 11.8. The van der Waals surface area contributed by atoms with Crippen LogP contribution >= 0.6 is 15.9 Å². The smallest absolute Gasteiger partial charge is 0.356 e. The van der Waals surface area contributed by atoms with Crippen molar-refractivity contribution >= 4 is 32.8 Å². The lowest BCUT2D eigenvalue weighted by Gasteiger charge is -2.11. The van der Waals surface area contributed by atoms with Crippen molar-refractivity contribution in [3.63, 3.8) is 0 Å². The molecule has 3 rings (SSSR count). The maximum absolute atomic E-state index is 11.8. The lowest BCUT2D eigenvalue weighted by molar-refractivity contribution is 0.0594.